The van der Waals surface area contributed by atoms with E-state index in [1.165, 1.54) is 0 Å². The van der Waals surface area contributed by atoms with Gasteiger partial charge in [0.25, 0.3) is 5.91 Å². The topological polar surface area (TPSA) is 98.7 Å². The molecule has 3 N–H and O–H groups in total. The van der Waals surface area contributed by atoms with Crippen LogP contribution in [0.4, 0.5) is 4.79 Å². The first-order valence-corrected chi connectivity index (χ1v) is 5.08. The lowest BCUT2D eigenvalue weighted by molar-refractivity contribution is -0.155. The molecule has 1 heterocycles. The molecular weight excluding hydrogens is 214 g/mol. The zero-order valence-corrected chi connectivity index (χ0v) is 9.02. The number of carbonyl (C=O) groups excluding carboxylic acids is 3. The van der Waals surface area contributed by atoms with Crippen LogP contribution in [0.25, 0.3) is 0 Å². The summed E-state index contributed by atoms with van der Waals surface area (Å²) < 4.78 is 0. The van der Waals surface area contributed by atoms with Crippen molar-refractivity contribution in [2.24, 2.45) is 0 Å². The van der Waals surface area contributed by atoms with Crippen LogP contribution in [0.1, 0.15) is 26.2 Å². The van der Waals surface area contributed by atoms with E-state index in [0.29, 0.717) is 17.9 Å². The second-order valence-electron chi connectivity index (χ2n) is 3.80. The van der Waals surface area contributed by atoms with Gasteiger partial charge < -0.3 is 5.32 Å². The predicted molar refractivity (Wildman–Crippen MR) is 53.5 cm³/mol. The van der Waals surface area contributed by atoms with E-state index in [2.05, 4.69) is 10.6 Å². The van der Waals surface area contributed by atoms with E-state index < -0.39 is 17.5 Å². The summed E-state index contributed by atoms with van der Waals surface area (Å²) in [6.45, 7) is 1.70. The van der Waals surface area contributed by atoms with Crippen LogP contribution in [0.15, 0.2) is 0 Å². The minimum absolute atomic E-state index is 0.200. The van der Waals surface area contributed by atoms with Gasteiger partial charge in [-0.3, -0.25) is 20.1 Å². The van der Waals surface area contributed by atoms with E-state index >= 15 is 0 Å². The quantitative estimate of drug-likeness (QED) is 0.250. The molecule has 4 amide bonds. The third kappa shape index (κ3) is 2.48. The van der Waals surface area contributed by atoms with Crippen molar-refractivity contribution in [2.75, 3.05) is 6.54 Å². The number of nitrogens with one attached hydrogen (secondary N) is 2. The molecule has 1 saturated heterocycles. The van der Waals surface area contributed by atoms with Gasteiger partial charge in [-0.15, -0.1) is 0 Å². The van der Waals surface area contributed by atoms with Crippen molar-refractivity contribution in [1.29, 1.82) is 0 Å². The summed E-state index contributed by atoms with van der Waals surface area (Å²) >= 11 is 0. The molecule has 0 unspecified atom stereocenters. The van der Waals surface area contributed by atoms with E-state index in [1.807, 2.05) is 6.92 Å². The lowest BCUT2D eigenvalue weighted by Gasteiger charge is -2.27. The molecule has 7 nitrogen and oxygen atoms in total. The fraction of sp³-hybridized carbons (Fsp3) is 0.667. The van der Waals surface area contributed by atoms with Gasteiger partial charge in [0.1, 0.15) is 5.54 Å². The molecule has 1 fully saturated rings. The number of urea groups is 1. The maximum Gasteiger partial charge on any atom is 0.322 e. The molecule has 0 spiro atoms. The normalized spacial score (nSPS) is 23.9. The number of amides is 4. The molecular formula is C9H15N3O4. The Morgan fingerprint density at radius 2 is 2.19 bits per heavy atom. The summed E-state index contributed by atoms with van der Waals surface area (Å²) in [5.74, 6) is -0.508. The highest BCUT2D eigenvalue weighted by Gasteiger charge is 2.46. The largest absolute Gasteiger partial charge is 0.322 e. The average Bonchev–Trinajstić information content (AvgIpc) is 2.51. The first-order chi connectivity index (χ1) is 7.54. The first-order valence-electron chi connectivity index (χ1n) is 5.08. The van der Waals surface area contributed by atoms with Crippen molar-refractivity contribution in [2.45, 2.75) is 31.7 Å². The molecule has 7 heteroatoms. The molecule has 1 rings (SSSR count). The highest BCUT2D eigenvalue weighted by molar-refractivity contribution is 6.07. The number of hydrogen-bond acceptors (Lipinski definition) is 4. The van der Waals surface area contributed by atoms with Crippen LogP contribution < -0.4 is 10.6 Å². The van der Waals surface area contributed by atoms with Gasteiger partial charge in [0.15, 0.2) is 0 Å². The maximum absolute atomic E-state index is 11.6. The molecule has 1 aliphatic rings. The van der Waals surface area contributed by atoms with E-state index in [-0.39, 0.29) is 13.0 Å². The molecule has 1 atom stereocenters. The molecule has 90 valence electrons. The summed E-state index contributed by atoms with van der Waals surface area (Å²) in [7, 11) is 0. The number of imide groups is 1. The third-order valence-corrected chi connectivity index (χ3v) is 2.53. The summed E-state index contributed by atoms with van der Waals surface area (Å²) in [6.07, 6.45) is 2.13. The van der Waals surface area contributed by atoms with Crippen molar-refractivity contribution in [3.05, 3.63) is 0 Å². The number of unbranched alkanes of at least 4 members (excludes halogenated alkanes) is 1. The second kappa shape index (κ2) is 4.93. The van der Waals surface area contributed by atoms with Crippen molar-refractivity contribution in [1.82, 2.24) is 15.7 Å². The van der Waals surface area contributed by atoms with E-state index in [1.54, 1.807) is 0 Å². The average molecular weight is 229 g/mol. The van der Waals surface area contributed by atoms with E-state index in [9.17, 15) is 14.4 Å². The molecule has 0 aromatic rings. The second-order valence-corrected chi connectivity index (χ2v) is 3.80. The number of rotatable bonds is 6. The Morgan fingerprint density at radius 1 is 1.50 bits per heavy atom. The fourth-order valence-corrected chi connectivity index (χ4v) is 1.69. The molecule has 16 heavy (non-hydrogen) atoms. The molecule has 0 saturated carbocycles. The van der Waals surface area contributed by atoms with Gasteiger partial charge in [-0.05, 0) is 6.42 Å². The van der Waals surface area contributed by atoms with Crippen LogP contribution in [0.5, 0.6) is 0 Å². The van der Waals surface area contributed by atoms with Gasteiger partial charge in [-0.25, -0.2) is 9.86 Å². The Bertz CT molecular complexity index is 307. The SMILES string of the molecule is CCCC[C@@]1(CN(O)C=O)NC(=O)NC1=O. The number of hydrogen-bond donors (Lipinski definition) is 3. The van der Waals surface area contributed by atoms with Crippen LogP contribution >= 0.6 is 0 Å². The molecule has 1 aliphatic heterocycles. The Kier molecular flexibility index (Phi) is 3.83. The first kappa shape index (κ1) is 12.4. The summed E-state index contributed by atoms with van der Waals surface area (Å²) in [5.41, 5.74) is -1.21. The van der Waals surface area contributed by atoms with Crippen molar-refractivity contribution in [3.8, 4) is 0 Å². The Labute approximate surface area is 92.7 Å². The van der Waals surface area contributed by atoms with Crippen molar-refractivity contribution in [3.63, 3.8) is 0 Å². The van der Waals surface area contributed by atoms with E-state index in [0.717, 1.165) is 6.42 Å². The van der Waals surface area contributed by atoms with E-state index in [4.69, 9.17) is 5.21 Å². The van der Waals surface area contributed by atoms with Gasteiger partial charge in [0.05, 0.1) is 6.54 Å². The van der Waals surface area contributed by atoms with Crippen LogP contribution in [-0.4, -0.2) is 40.7 Å². The highest BCUT2D eigenvalue weighted by atomic mass is 16.5. The Balaban J connectivity index is 2.79. The van der Waals surface area contributed by atoms with Gasteiger partial charge >= 0.3 is 6.03 Å². The van der Waals surface area contributed by atoms with Crippen LogP contribution in [0, 0.1) is 0 Å². The summed E-state index contributed by atoms with van der Waals surface area (Å²) in [6, 6.07) is -0.597. The molecule has 0 radical (unpaired) electrons. The molecule has 0 aromatic heterocycles. The smallest absolute Gasteiger partial charge is 0.321 e. The summed E-state index contributed by atoms with van der Waals surface area (Å²) in [4.78, 5) is 33.0. The van der Waals surface area contributed by atoms with Crippen LogP contribution in [0.3, 0.4) is 0 Å². The fourth-order valence-electron chi connectivity index (χ4n) is 1.69. The minimum atomic E-state index is -1.21. The molecule has 0 aromatic carbocycles. The van der Waals surface area contributed by atoms with Crippen LogP contribution in [-0.2, 0) is 9.59 Å². The highest BCUT2D eigenvalue weighted by Crippen LogP contribution is 2.19. The van der Waals surface area contributed by atoms with Gasteiger partial charge in [0, 0.05) is 0 Å². The third-order valence-electron chi connectivity index (χ3n) is 2.53. The van der Waals surface area contributed by atoms with Crippen molar-refractivity contribution >= 4 is 18.3 Å². The van der Waals surface area contributed by atoms with Crippen molar-refractivity contribution < 1.29 is 19.6 Å². The van der Waals surface area contributed by atoms with Gasteiger partial charge in [-0.2, -0.15) is 0 Å². The Morgan fingerprint density at radius 3 is 2.62 bits per heavy atom. The standard InChI is InChI=1S/C9H15N3O4/c1-2-3-4-9(5-12(16)6-13)7(14)10-8(15)11-9/h6,16H,2-5H2,1H3,(H2,10,11,14,15)/t9-/m0/s1. The van der Waals surface area contributed by atoms with Gasteiger partial charge in [-0.1, -0.05) is 19.8 Å². The lowest BCUT2D eigenvalue weighted by Crippen LogP contribution is -2.54. The van der Waals surface area contributed by atoms with Gasteiger partial charge in [0.2, 0.25) is 6.41 Å². The number of hydroxylamine groups is 2. The predicted octanol–water partition coefficient (Wildman–Crippen LogP) is -0.398. The van der Waals surface area contributed by atoms with Crippen LogP contribution in [0.2, 0.25) is 0 Å². The summed E-state index contributed by atoms with van der Waals surface area (Å²) in [5, 5.41) is 14.0. The monoisotopic (exact) mass is 229 g/mol. The molecule has 0 bridgehead atoms. The Hall–Kier alpha value is -1.63. The lowest BCUT2D eigenvalue weighted by atomic mass is 9.92. The molecule has 0 aliphatic carbocycles. The maximum atomic E-state index is 11.6. The number of carbonyl (C=O) groups is 3. The zero-order valence-electron chi connectivity index (χ0n) is 9.02. The number of nitrogens with zero attached hydrogens (tertiary/aromatic N) is 1. The zero-order chi connectivity index (χ0) is 12.2. The minimum Gasteiger partial charge on any atom is -0.321 e.